The van der Waals surface area contributed by atoms with E-state index in [0.29, 0.717) is 11.1 Å². The van der Waals surface area contributed by atoms with E-state index in [1.807, 2.05) is 17.9 Å². The summed E-state index contributed by atoms with van der Waals surface area (Å²) in [6.45, 7) is 2.59. The Kier molecular flexibility index (Phi) is 2.92. The predicted octanol–water partition coefficient (Wildman–Crippen LogP) is 2.23. The molecule has 2 aromatic heterocycles. The van der Waals surface area contributed by atoms with E-state index in [4.69, 9.17) is 4.52 Å². The number of likely N-dealkylation sites (tertiary alicyclic amines) is 1. The molecule has 4 rings (SSSR count). The molecule has 112 valence electrons. The van der Waals surface area contributed by atoms with Crippen molar-refractivity contribution in [3.05, 3.63) is 41.3 Å². The van der Waals surface area contributed by atoms with Crippen molar-refractivity contribution < 1.29 is 9.32 Å². The second-order valence-electron chi connectivity index (χ2n) is 5.55. The first kappa shape index (κ1) is 13.0. The maximum atomic E-state index is 12.8. The molecule has 1 aliphatic rings. The number of amides is 1. The van der Waals surface area contributed by atoms with Gasteiger partial charge in [-0.05, 0) is 38.0 Å². The van der Waals surface area contributed by atoms with Crippen LogP contribution >= 0.6 is 0 Å². The average molecular weight is 297 g/mol. The Morgan fingerprint density at radius 2 is 2.18 bits per heavy atom. The van der Waals surface area contributed by atoms with E-state index in [-0.39, 0.29) is 11.9 Å². The van der Waals surface area contributed by atoms with Gasteiger partial charge in [-0.1, -0.05) is 5.16 Å². The third-order valence-electron chi connectivity index (χ3n) is 4.06. The van der Waals surface area contributed by atoms with Crippen LogP contribution in [0.15, 0.2) is 28.8 Å². The van der Waals surface area contributed by atoms with E-state index >= 15 is 0 Å². The van der Waals surface area contributed by atoms with Gasteiger partial charge in [0.2, 0.25) is 0 Å². The van der Waals surface area contributed by atoms with Gasteiger partial charge in [0.1, 0.15) is 22.5 Å². The van der Waals surface area contributed by atoms with Crippen molar-refractivity contribution in [3.63, 3.8) is 0 Å². The normalized spacial score (nSPS) is 18.2. The van der Waals surface area contributed by atoms with E-state index < -0.39 is 0 Å². The molecule has 0 bridgehead atoms. The molecule has 0 spiro atoms. The molecule has 7 nitrogen and oxygen atoms in total. The molecule has 1 saturated heterocycles. The standard InChI is InChI=1S/C15H15N5O2/c1-9-7-13(18-22-9)14-3-2-6-20(14)15(21)10-4-5-11-12(8-10)17-19-16-11/h4-5,7-8,14H,2-3,6H2,1H3,(H,16,17,19). The molecule has 3 aromatic rings. The third-order valence-corrected chi connectivity index (χ3v) is 4.06. The number of benzene rings is 1. The molecule has 1 atom stereocenters. The Hall–Kier alpha value is -2.70. The SMILES string of the molecule is Cc1cc(C2CCCN2C(=O)c2ccc3n[nH]nc3c2)no1. The monoisotopic (exact) mass is 297 g/mol. The Bertz CT molecular complexity index is 837. The number of fused-ring (bicyclic) bond motifs is 1. The van der Waals surface area contributed by atoms with E-state index in [1.165, 1.54) is 0 Å². The van der Waals surface area contributed by atoms with Crippen LogP contribution in [0.25, 0.3) is 11.0 Å². The minimum Gasteiger partial charge on any atom is -0.361 e. The fourth-order valence-electron chi connectivity index (χ4n) is 3.00. The molecule has 3 heterocycles. The van der Waals surface area contributed by atoms with Crippen LogP contribution in [0.3, 0.4) is 0 Å². The Morgan fingerprint density at radius 3 is 3.00 bits per heavy atom. The van der Waals surface area contributed by atoms with Crippen LogP contribution < -0.4 is 0 Å². The van der Waals surface area contributed by atoms with Crippen LogP contribution in [0.4, 0.5) is 0 Å². The largest absolute Gasteiger partial charge is 0.361 e. The molecular weight excluding hydrogens is 282 g/mol. The summed E-state index contributed by atoms with van der Waals surface area (Å²) in [4.78, 5) is 14.7. The summed E-state index contributed by atoms with van der Waals surface area (Å²) in [6, 6.07) is 7.24. The first-order chi connectivity index (χ1) is 10.7. The van der Waals surface area contributed by atoms with Gasteiger partial charge in [0.25, 0.3) is 5.91 Å². The van der Waals surface area contributed by atoms with Gasteiger partial charge in [0, 0.05) is 18.2 Å². The zero-order valence-electron chi connectivity index (χ0n) is 12.1. The lowest BCUT2D eigenvalue weighted by atomic mass is 10.1. The molecule has 1 fully saturated rings. The lowest BCUT2D eigenvalue weighted by Crippen LogP contribution is -2.30. The number of aromatic nitrogens is 4. The minimum atomic E-state index is -0.0158. The molecule has 1 amide bonds. The fraction of sp³-hybridized carbons (Fsp3) is 0.333. The number of carbonyl (C=O) groups is 1. The van der Waals surface area contributed by atoms with Crippen LogP contribution in [0.5, 0.6) is 0 Å². The Morgan fingerprint density at radius 1 is 1.32 bits per heavy atom. The summed E-state index contributed by atoms with van der Waals surface area (Å²) in [6.07, 6.45) is 1.87. The summed E-state index contributed by atoms with van der Waals surface area (Å²) < 4.78 is 5.15. The lowest BCUT2D eigenvalue weighted by Gasteiger charge is -2.23. The highest BCUT2D eigenvalue weighted by Gasteiger charge is 2.32. The second-order valence-corrected chi connectivity index (χ2v) is 5.55. The number of hydrogen-bond donors (Lipinski definition) is 1. The zero-order chi connectivity index (χ0) is 15.1. The molecule has 0 aliphatic carbocycles. The molecular formula is C15H15N5O2. The highest BCUT2D eigenvalue weighted by atomic mass is 16.5. The van der Waals surface area contributed by atoms with Gasteiger partial charge in [-0.15, -0.1) is 0 Å². The Balaban J connectivity index is 1.65. The maximum Gasteiger partial charge on any atom is 0.254 e. The van der Waals surface area contributed by atoms with Crippen molar-refractivity contribution >= 4 is 16.9 Å². The molecule has 1 aromatic carbocycles. The second kappa shape index (κ2) is 4.94. The van der Waals surface area contributed by atoms with Crippen LogP contribution in [0, 0.1) is 6.92 Å². The number of rotatable bonds is 2. The highest BCUT2D eigenvalue weighted by molar-refractivity contribution is 5.97. The molecule has 1 unspecified atom stereocenters. The van der Waals surface area contributed by atoms with Gasteiger partial charge in [-0.3, -0.25) is 4.79 Å². The van der Waals surface area contributed by atoms with E-state index in [0.717, 1.165) is 36.4 Å². The van der Waals surface area contributed by atoms with Crippen LogP contribution in [-0.2, 0) is 0 Å². The van der Waals surface area contributed by atoms with Gasteiger partial charge < -0.3 is 9.42 Å². The highest BCUT2D eigenvalue weighted by Crippen LogP contribution is 2.32. The van der Waals surface area contributed by atoms with Gasteiger partial charge >= 0.3 is 0 Å². The smallest absolute Gasteiger partial charge is 0.254 e. The van der Waals surface area contributed by atoms with Crippen molar-refractivity contribution in [1.82, 2.24) is 25.5 Å². The molecule has 1 N–H and O–H groups in total. The van der Waals surface area contributed by atoms with E-state index in [2.05, 4.69) is 20.6 Å². The molecule has 22 heavy (non-hydrogen) atoms. The molecule has 0 saturated carbocycles. The average Bonchev–Trinajstić information content (AvgIpc) is 3.25. The number of carbonyl (C=O) groups excluding carboxylic acids is 1. The topological polar surface area (TPSA) is 87.9 Å². The van der Waals surface area contributed by atoms with Crippen LogP contribution in [0.1, 0.15) is 40.7 Å². The number of aryl methyl sites for hydroxylation is 1. The maximum absolute atomic E-state index is 12.8. The number of nitrogens with one attached hydrogen (secondary N) is 1. The first-order valence-corrected chi connectivity index (χ1v) is 7.27. The number of aromatic amines is 1. The molecule has 1 aliphatic heterocycles. The summed E-state index contributed by atoms with van der Waals surface area (Å²) in [5.41, 5.74) is 2.89. The zero-order valence-corrected chi connectivity index (χ0v) is 12.1. The summed E-state index contributed by atoms with van der Waals surface area (Å²) in [5, 5.41) is 14.7. The predicted molar refractivity (Wildman–Crippen MR) is 78.1 cm³/mol. The fourth-order valence-corrected chi connectivity index (χ4v) is 3.00. The van der Waals surface area contributed by atoms with Crippen LogP contribution in [-0.4, -0.2) is 37.9 Å². The van der Waals surface area contributed by atoms with Crippen LogP contribution in [0.2, 0.25) is 0 Å². The van der Waals surface area contributed by atoms with Crippen molar-refractivity contribution in [2.75, 3.05) is 6.54 Å². The Labute approximate surface area is 126 Å². The van der Waals surface area contributed by atoms with Gasteiger partial charge in [-0.2, -0.15) is 15.4 Å². The number of nitrogens with zero attached hydrogens (tertiary/aromatic N) is 4. The van der Waals surface area contributed by atoms with E-state index in [1.54, 1.807) is 18.2 Å². The van der Waals surface area contributed by atoms with Gasteiger partial charge in [0.05, 0.1) is 6.04 Å². The molecule has 7 heteroatoms. The summed E-state index contributed by atoms with van der Waals surface area (Å²) in [7, 11) is 0. The van der Waals surface area contributed by atoms with Crippen molar-refractivity contribution in [2.24, 2.45) is 0 Å². The van der Waals surface area contributed by atoms with Crippen molar-refractivity contribution in [3.8, 4) is 0 Å². The summed E-state index contributed by atoms with van der Waals surface area (Å²) >= 11 is 0. The molecule has 0 radical (unpaired) electrons. The first-order valence-electron chi connectivity index (χ1n) is 7.27. The van der Waals surface area contributed by atoms with E-state index in [9.17, 15) is 4.79 Å². The third kappa shape index (κ3) is 2.05. The van der Waals surface area contributed by atoms with Crippen molar-refractivity contribution in [2.45, 2.75) is 25.8 Å². The van der Waals surface area contributed by atoms with Crippen molar-refractivity contribution in [1.29, 1.82) is 0 Å². The number of H-pyrrole nitrogens is 1. The minimum absolute atomic E-state index is 0.00643. The quantitative estimate of drug-likeness (QED) is 0.783. The van der Waals surface area contributed by atoms with Gasteiger partial charge in [0.15, 0.2) is 0 Å². The summed E-state index contributed by atoms with van der Waals surface area (Å²) in [5.74, 6) is 0.756. The lowest BCUT2D eigenvalue weighted by molar-refractivity contribution is 0.0731. The number of hydrogen-bond acceptors (Lipinski definition) is 5. The van der Waals surface area contributed by atoms with Gasteiger partial charge in [-0.25, -0.2) is 0 Å².